The standard InChI is InChI=1S/C11H11ClF2O3/c1-16-8-3-2-4-9(17-11(13)14)10(8)7(15)5-6-12/h2-4,11H,5-6H2,1H3. The van der Waals surface area contributed by atoms with E-state index in [-0.39, 0.29) is 29.4 Å². The highest BCUT2D eigenvalue weighted by atomic mass is 35.5. The first-order valence-corrected chi connectivity index (χ1v) is 5.34. The van der Waals surface area contributed by atoms with Crippen molar-refractivity contribution < 1.29 is 23.0 Å². The highest BCUT2D eigenvalue weighted by molar-refractivity contribution is 6.20. The van der Waals surface area contributed by atoms with Crippen LogP contribution in [-0.4, -0.2) is 25.4 Å². The van der Waals surface area contributed by atoms with Gasteiger partial charge in [-0.1, -0.05) is 6.07 Å². The van der Waals surface area contributed by atoms with E-state index in [1.54, 1.807) is 0 Å². The fraction of sp³-hybridized carbons (Fsp3) is 0.364. The topological polar surface area (TPSA) is 35.5 Å². The Labute approximate surface area is 102 Å². The molecular weight excluding hydrogens is 254 g/mol. The third-order valence-corrected chi connectivity index (χ3v) is 2.21. The summed E-state index contributed by atoms with van der Waals surface area (Å²) in [6, 6.07) is 4.25. The van der Waals surface area contributed by atoms with Gasteiger partial charge in [-0.2, -0.15) is 8.78 Å². The lowest BCUT2D eigenvalue weighted by Crippen LogP contribution is -2.10. The van der Waals surface area contributed by atoms with Gasteiger partial charge in [-0.25, -0.2) is 0 Å². The van der Waals surface area contributed by atoms with E-state index in [0.29, 0.717) is 0 Å². The van der Waals surface area contributed by atoms with E-state index in [2.05, 4.69) is 4.74 Å². The van der Waals surface area contributed by atoms with E-state index in [1.807, 2.05) is 0 Å². The number of hydrogen-bond donors (Lipinski definition) is 0. The Kier molecular flexibility index (Phi) is 5.15. The van der Waals surface area contributed by atoms with Crippen molar-refractivity contribution in [2.45, 2.75) is 13.0 Å². The van der Waals surface area contributed by atoms with E-state index in [4.69, 9.17) is 16.3 Å². The van der Waals surface area contributed by atoms with Gasteiger partial charge >= 0.3 is 6.61 Å². The molecule has 1 rings (SSSR count). The molecule has 0 fully saturated rings. The number of halogens is 3. The van der Waals surface area contributed by atoms with E-state index in [1.165, 1.54) is 25.3 Å². The van der Waals surface area contributed by atoms with Gasteiger partial charge < -0.3 is 9.47 Å². The van der Waals surface area contributed by atoms with Crippen molar-refractivity contribution in [2.75, 3.05) is 13.0 Å². The second kappa shape index (κ2) is 6.39. The summed E-state index contributed by atoms with van der Waals surface area (Å²) < 4.78 is 33.6. The molecule has 1 aromatic carbocycles. The van der Waals surface area contributed by atoms with Crippen LogP contribution in [-0.2, 0) is 0 Å². The lowest BCUT2D eigenvalue weighted by molar-refractivity contribution is -0.0502. The monoisotopic (exact) mass is 264 g/mol. The normalized spacial score (nSPS) is 10.4. The number of ketones is 1. The van der Waals surface area contributed by atoms with Gasteiger partial charge in [0, 0.05) is 12.3 Å². The van der Waals surface area contributed by atoms with Gasteiger partial charge in [0.25, 0.3) is 0 Å². The smallest absolute Gasteiger partial charge is 0.387 e. The zero-order valence-electron chi connectivity index (χ0n) is 9.08. The molecule has 0 aliphatic heterocycles. The summed E-state index contributed by atoms with van der Waals surface area (Å²) in [7, 11) is 1.35. The number of methoxy groups -OCH3 is 1. The van der Waals surface area contributed by atoms with E-state index in [9.17, 15) is 13.6 Å². The van der Waals surface area contributed by atoms with E-state index in [0.717, 1.165) is 0 Å². The molecule has 94 valence electrons. The lowest BCUT2D eigenvalue weighted by atomic mass is 10.1. The van der Waals surface area contributed by atoms with Crippen molar-refractivity contribution >= 4 is 17.4 Å². The van der Waals surface area contributed by atoms with Crippen LogP contribution in [0.1, 0.15) is 16.8 Å². The molecule has 0 aliphatic rings. The van der Waals surface area contributed by atoms with Crippen molar-refractivity contribution in [3.05, 3.63) is 23.8 Å². The largest absolute Gasteiger partial charge is 0.496 e. The maximum atomic E-state index is 12.2. The van der Waals surface area contributed by atoms with Crippen LogP contribution in [0.15, 0.2) is 18.2 Å². The molecule has 0 heterocycles. The van der Waals surface area contributed by atoms with Crippen LogP contribution >= 0.6 is 11.6 Å². The second-order valence-electron chi connectivity index (χ2n) is 3.07. The van der Waals surface area contributed by atoms with Gasteiger partial charge in [-0.3, -0.25) is 4.79 Å². The number of carbonyl (C=O) groups excluding carboxylic acids is 1. The summed E-state index contributed by atoms with van der Waals surface area (Å²) in [5, 5.41) is 0. The molecular formula is C11H11ClF2O3. The second-order valence-corrected chi connectivity index (χ2v) is 3.45. The third kappa shape index (κ3) is 3.56. The minimum Gasteiger partial charge on any atom is -0.496 e. The molecule has 0 unspecified atom stereocenters. The van der Waals surface area contributed by atoms with Gasteiger partial charge in [-0.05, 0) is 12.1 Å². The molecule has 0 saturated carbocycles. The Morgan fingerprint density at radius 3 is 2.59 bits per heavy atom. The maximum absolute atomic E-state index is 12.2. The third-order valence-electron chi connectivity index (χ3n) is 2.02. The van der Waals surface area contributed by atoms with Crippen LogP contribution in [0.5, 0.6) is 11.5 Å². The van der Waals surface area contributed by atoms with E-state index < -0.39 is 12.4 Å². The molecule has 3 nitrogen and oxygen atoms in total. The minimum atomic E-state index is -3.00. The summed E-state index contributed by atoms with van der Waals surface area (Å²) in [4.78, 5) is 11.7. The number of ether oxygens (including phenoxy) is 2. The number of Topliss-reactive ketones (excluding diaryl/α,β-unsaturated/α-hetero) is 1. The predicted octanol–water partition coefficient (Wildman–Crippen LogP) is 3.11. The van der Waals surface area contributed by atoms with E-state index >= 15 is 0 Å². The van der Waals surface area contributed by atoms with Gasteiger partial charge in [0.05, 0.1) is 7.11 Å². The molecule has 0 amide bonds. The van der Waals surface area contributed by atoms with Crippen LogP contribution in [0.3, 0.4) is 0 Å². The Balaban J connectivity index is 3.15. The highest BCUT2D eigenvalue weighted by Crippen LogP contribution is 2.30. The predicted molar refractivity (Wildman–Crippen MR) is 59.3 cm³/mol. The van der Waals surface area contributed by atoms with Gasteiger partial charge in [0.15, 0.2) is 5.78 Å². The lowest BCUT2D eigenvalue weighted by Gasteiger charge is -2.12. The number of carbonyl (C=O) groups is 1. The Bertz CT molecular complexity index is 396. The summed E-state index contributed by atoms with van der Waals surface area (Å²) in [5.41, 5.74) is -0.00375. The van der Waals surface area contributed by atoms with Crippen molar-refractivity contribution in [3.63, 3.8) is 0 Å². The van der Waals surface area contributed by atoms with Crippen LogP contribution in [0.2, 0.25) is 0 Å². The molecule has 1 aromatic rings. The fourth-order valence-corrected chi connectivity index (χ4v) is 1.53. The molecule has 0 atom stereocenters. The first kappa shape index (κ1) is 13.7. The van der Waals surface area contributed by atoms with Crippen molar-refractivity contribution in [1.82, 2.24) is 0 Å². The average molecular weight is 265 g/mol. The van der Waals surface area contributed by atoms with Gasteiger partial charge in [0.2, 0.25) is 0 Å². The number of benzene rings is 1. The Morgan fingerprint density at radius 2 is 2.06 bits per heavy atom. The van der Waals surface area contributed by atoms with Crippen molar-refractivity contribution in [1.29, 1.82) is 0 Å². The summed E-state index contributed by atoms with van der Waals surface area (Å²) in [6.45, 7) is -3.00. The SMILES string of the molecule is COc1cccc(OC(F)F)c1C(=O)CCCl. The molecule has 0 aromatic heterocycles. The molecule has 6 heteroatoms. The molecule has 0 spiro atoms. The average Bonchev–Trinajstić information content (AvgIpc) is 2.28. The highest BCUT2D eigenvalue weighted by Gasteiger charge is 2.19. The van der Waals surface area contributed by atoms with Crippen LogP contribution < -0.4 is 9.47 Å². The zero-order chi connectivity index (χ0) is 12.8. The quantitative estimate of drug-likeness (QED) is 0.585. The first-order valence-electron chi connectivity index (χ1n) is 4.81. The van der Waals surface area contributed by atoms with Crippen molar-refractivity contribution in [3.8, 4) is 11.5 Å². The molecule has 0 N–H and O–H groups in total. The molecule has 0 aliphatic carbocycles. The van der Waals surface area contributed by atoms with Gasteiger partial charge in [0.1, 0.15) is 17.1 Å². The number of hydrogen-bond acceptors (Lipinski definition) is 3. The molecule has 0 saturated heterocycles. The Hall–Kier alpha value is -1.36. The van der Waals surface area contributed by atoms with Crippen molar-refractivity contribution in [2.24, 2.45) is 0 Å². The molecule has 17 heavy (non-hydrogen) atoms. The minimum absolute atomic E-state index is 0.00375. The summed E-state index contributed by atoms with van der Waals surface area (Å²) >= 11 is 5.45. The van der Waals surface area contributed by atoms with Crippen LogP contribution in [0.25, 0.3) is 0 Å². The summed E-state index contributed by atoms with van der Waals surface area (Å²) in [5.74, 6) is -0.300. The van der Waals surface area contributed by atoms with Crippen LogP contribution in [0, 0.1) is 0 Å². The number of alkyl halides is 3. The molecule has 0 bridgehead atoms. The van der Waals surface area contributed by atoms with Crippen LogP contribution in [0.4, 0.5) is 8.78 Å². The maximum Gasteiger partial charge on any atom is 0.387 e. The van der Waals surface area contributed by atoms with Gasteiger partial charge in [-0.15, -0.1) is 11.6 Å². The fourth-order valence-electron chi connectivity index (χ4n) is 1.36. The Morgan fingerprint density at radius 1 is 1.41 bits per heavy atom. The first-order chi connectivity index (χ1) is 8.10. The molecule has 0 radical (unpaired) electrons. The number of rotatable bonds is 6. The zero-order valence-corrected chi connectivity index (χ0v) is 9.84. The summed E-state index contributed by atoms with van der Waals surface area (Å²) in [6.07, 6.45) is 0.0293.